The summed E-state index contributed by atoms with van der Waals surface area (Å²) >= 11 is 0. The predicted molar refractivity (Wildman–Crippen MR) is 24.0 cm³/mol. The number of hydrogen-bond donors (Lipinski definition) is 0. The summed E-state index contributed by atoms with van der Waals surface area (Å²) in [4.78, 5) is 0. The van der Waals surface area contributed by atoms with E-state index in [2.05, 4.69) is 0 Å². The first-order valence-electron chi connectivity index (χ1n) is 0. The van der Waals surface area contributed by atoms with E-state index in [9.17, 15) is 0 Å². The Kier molecular flexibility index (Phi) is 483. The molecule has 0 aromatic carbocycles. The van der Waals surface area contributed by atoms with Gasteiger partial charge in [-0.1, -0.05) is 0 Å². The molecular formula is Mg3N2Ti. The molecule has 0 aromatic heterocycles. The smallest absolute Gasteiger partial charge is 2.00 e. The van der Waals surface area contributed by atoms with Crippen LogP contribution in [-0.2, 0) is 21.7 Å². The molecule has 0 fully saturated rings. The SMILES string of the molecule is [Mg+2].[Mg+2].[Mg+2].[N-3].[N-3].[Ti]. The van der Waals surface area contributed by atoms with Gasteiger partial charge in [0.25, 0.3) is 0 Å². The molecule has 0 atom stereocenters. The molecule has 6 heteroatoms. The van der Waals surface area contributed by atoms with E-state index >= 15 is 0 Å². The molecule has 0 radical (unpaired) electrons. The molecule has 2 nitrogen and oxygen atoms in total. The Hall–Kier alpha value is 2.93. The zero-order valence-electron chi connectivity index (χ0n) is 3.52. The van der Waals surface area contributed by atoms with Crippen LogP contribution in [0.25, 0.3) is 12.3 Å². The summed E-state index contributed by atoms with van der Waals surface area (Å²) in [6, 6.07) is 0. The molecular weight excluding hydrogens is 149 g/mol. The van der Waals surface area contributed by atoms with Gasteiger partial charge in [0.2, 0.25) is 0 Å². The van der Waals surface area contributed by atoms with Crippen LogP contribution >= 0.6 is 0 Å². The summed E-state index contributed by atoms with van der Waals surface area (Å²) in [6.07, 6.45) is 0. The number of hydrogen-bond acceptors (Lipinski definition) is 0. The third-order valence-corrected chi connectivity index (χ3v) is 0. The molecule has 6 heavy (non-hydrogen) atoms. The van der Waals surface area contributed by atoms with E-state index < -0.39 is 0 Å². The minimum atomic E-state index is 0. The summed E-state index contributed by atoms with van der Waals surface area (Å²) in [6.45, 7) is 0. The van der Waals surface area contributed by atoms with Crippen molar-refractivity contribution in [3.05, 3.63) is 12.3 Å². The van der Waals surface area contributed by atoms with E-state index in [0.29, 0.717) is 0 Å². The van der Waals surface area contributed by atoms with Crippen molar-refractivity contribution in [3.8, 4) is 0 Å². The Balaban J connectivity index is 0. The largest absolute Gasteiger partial charge is 3.00 e. The molecule has 0 heterocycles. The normalized spacial score (nSPS) is 0. The minimum Gasteiger partial charge on any atom is -3.00 e. The predicted octanol–water partition coefficient (Wildman–Crippen LogP) is -0.568. The third kappa shape index (κ3) is 28.4. The fraction of sp³-hybridized carbons (Fsp3) is 0. The molecule has 0 aromatic rings. The van der Waals surface area contributed by atoms with Crippen molar-refractivity contribution in [1.29, 1.82) is 0 Å². The fourth-order valence-electron chi connectivity index (χ4n) is 0. The molecule has 0 saturated carbocycles. The maximum Gasteiger partial charge on any atom is 2.00 e. The van der Waals surface area contributed by atoms with E-state index in [-0.39, 0.29) is 103 Å². The summed E-state index contributed by atoms with van der Waals surface area (Å²) in [7, 11) is 0. The van der Waals surface area contributed by atoms with Crippen LogP contribution in [0.15, 0.2) is 0 Å². The molecule has 0 aliphatic carbocycles. The first kappa shape index (κ1) is 65.4. The molecule has 0 aliphatic heterocycles. The van der Waals surface area contributed by atoms with Crippen molar-refractivity contribution in [1.82, 2.24) is 0 Å². The van der Waals surface area contributed by atoms with Crippen LogP contribution in [0.2, 0.25) is 0 Å². The average Bonchev–Trinajstić information content (AvgIpc) is 0. The zero-order chi connectivity index (χ0) is 0. The van der Waals surface area contributed by atoms with E-state index in [0.717, 1.165) is 0 Å². The minimum absolute atomic E-state index is 0. The Morgan fingerprint density at radius 2 is 0.500 bits per heavy atom. The van der Waals surface area contributed by atoms with Gasteiger partial charge in [-0.15, -0.1) is 0 Å². The molecule has 0 spiro atoms. The summed E-state index contributed by atoms with van der Waals surface area (Å²) < 4.78 is 0. The Bertz CT molecular complexity index is 8.75. The molecule has 0 saturated heterocycles. The molecule has 0 unspecified atom stereocenters. The Labute approximate surface area is 101 Å². The van der Waals surface area contributed by atoms with Crippen molar-refractivity contribution in [3.63, 3.8) is 0 Å². The second kappa shape index (κ2) is 44.3. The van der Waals surface area contributed by atoms with E-state index in [4.69, 9.17) is 0 Å². The fourth-order valence-corrected chi connectivity index (χ4v) is 0. The standard InChI is InChI=1S/3Mg.2N.Ti/q3*+2;2*-3;. The van der Waals surface area contributed by atoms with Gasteiger partial charge in [0, 0.05) is 21.7 Å². The van der Waals surface area contributed by atoms with Crippen LogP contribution in [0.1, 0.15) is 0 Å². The molecule has 0 aliphatic rings. The number of rotatable bonds is 0. The third-order valence-electron chi connectivity index (χ3n) is 0. The Morgan fingerprint density at radius 3 is 0.500 bits per heavy atom. The van der Waals surface area contributed by atoms with Crippen LogP contribution in [0, 0.1) is 0 Å². The average molecular weight is 149 g/mol. The zero-order valence-corrected chi connectivity index (χ0v) is 9.32. The van der Waals surface area contributed by atoms with Crippen molar-refractivity contribution >= 4 is 69.2 Å². The van der Waals surface area contributed by atoms with E-state index in [1.54, 1.807) is 0 Å². The van der Waals surface area contributed by atoms with E-state index in [1.165, 1.54) is 0 Å². The molecule has 20 valence electrons. The second-order valence-corrected chi connectivity index (χ2v) is 0. The summed E-state index contributed by atoms with van der Waals surface area (Å²) in [5, 5.41) is 0. The van der Waals surface area contributed by atoms with Gasteiger partial charge in [0.05, 0.1) is 0 Å². The first-order chi connectivity index (χ1) is 0. The van der Waals surface area contributed by atoms with E-state index in [1.807, 2.05) is 0 Å². The summed E-state index contributed by atoms with van der Waals surface area (Å²) in [5.74, 6) is 0. The monoisotopic (exact) mass is 148 g/mol. The Morgan fingerprint density at radius 1 is 0.500 bits per heavy atom. The maximum absolute atomic E-state index is 0. The van der Waals surface area contributed by atoms with Crippen LogP contribution in [0.3, 0.4) is 0 Å². The molecule has 0 bridgehead atoms. The van der Waals surface area contributed by atoms with Crippen LogP contribution in [0.4, 0.5) is 0 Å². The van der Waals surface area contributed by atoms with Crippen molar-refractivity contribution < 1.29 is 21.7 Å². The van der Waals surface area contributed by atoms with Gasteiger partial charge in [-0.25, -0.2) is 0 Å². The van der Waals surface area contributed by atoms with Crippen molar-refractivity contribution in [2.45, 2.75) is 0 Å². The van der Waals surface area contributed by atoms with Gasteiger partial charge < -0.3 is 12.3 Å². The van der Waals surface area contributed by atoms with Crippen molar-refractivity contribution in [2.75, 3.05) is 0 Å². The van der Waals surface area contributed by atoms with Crippen LogP contribution < -0.4 is 0 Å². The molecule has 0 amide bonds. The van der Waals surface area contributed by atoms with Crippen LogP contribution in [-0.4, -0.2) is 69.2 Å². The van der Waals surface area contributed by atoms with Gasteiger partial charge >= 0.3 is 69.2 Å². The van der Waals surface area contributed by atoms with Gasteiger partial charge in [0.1, 0.15) is 0 Å². The van der Waals surface area contributed by atoms with Gasteiger partial charge in [0.15, 0.2) is 0 Å². The van der Waals surface area contributed by atoms with Gasteiger partial charge in [-0.3, -0.25) is 0 Å². The van der Waals surface area contributed by atoms with Gasteiger partial charge in [-0.05, 0) is 0 Å². The molecule has 0 N–H and O–H groups in total. The maximum atomic E-state index is 0. The topological polar surface area (TPSA) is 61.0 Å². The van der Waals surface area contributed by atoms with Crippen molar-refractivity contribution in [2.24, 2.45) is 0 Å². The van der Waals surface area contributed by atoms with Crippen LogP contribution in [0.5, 0.6) is 0 Å². The second-order valence-electron chi connectivity index (χ2n) is 0. The van der Waals surface area contributed by atoms with Gasteiger partial charge in [-0.2, -0.15) is 0 Å². The molecule has 0 rings (SSSR count). The first-order valence-corrected chi connectivity index (χ1v) is 0. The summed E-state index contributed by atoms with van der Waals surface area (Å²) in [5.41, 5.74) is 0. The number of nitrogens with zero attached hydrogens (tertiary/aromatic N) is 2. The quantitative estimate of drug-likeness (QED) is 0.414.